The minimum Gasteiger partial charge on any atom is -0.379 e. The van der Waals surface area contributed by atoms with Gasteiger partial charge in [-0.15, -0.1) is 20.4 Å². The van der Waals surface area contributed by atoms with E-state index in [1.165, 1.54) is 0 Å². The zero-order chi connectivity index (χ0) is 39.1. The Morgan fingerprint density at radius 2 is 0.891 bits per heavy atom. The van der Waals surface area contributed by atoms with Crippen LogP contribution < -0.4 is 10.2 Å². The Morgan fingerprint density at radius 1 is 0.545 bits per heavy atom. The molecule has 0 saturated heterocycles. The summed E-state index contributed by atoms with van der Waals surface area (Å²) < 4.78 is 59.9. The summed E-state index contributed by atoms with van der Waals surface area (Å²) in [7, 11) is 0. The first-order valence-corrected chi connectivity index (χ1v) is 18.5. The number of hydrogen-bond acceptors (Lipinski definition) is 18. The summed E-state index contributed by atoms with van der Waals surface area (Å²) in [4.78, 5) is 15.0. The summed E-state index contributed by atoms with van der Waals surface area (Å²) in [6.45, 7) is 12.7. The second kappa shape index (κ2) is 36.2. The molecule has 20 heteroatoms. The predicted octanol–water partition coefficient (Wildman–Crippen LogP) is 0.981. The summed E-state index contributed by atoms with van der Waals surface area (Å²) in [5.74, 6) is 0.881. The number of aryl methyl sites for hydroxylation is 1. The van der Waals surface area contributed by atoms with Gasteiger partial charge in [-0.3, -0.25) is 4.79 Å². The molecule has 310 valence electrons. The molecule has 0 aliphatic rings. The average Bonchev–Trinajstić information content (AvgIpc) is 3.20. The lowest BCUT2D eigenvalue weighted by Crippen LogP contribution is -2.24. The van der Waals surface area contributed by atoms with Crippen molar-refractivity contribution in [3.05, 3.63) is 35.7 Å². The van der Waals surface area contributed by atoms with Crippen molar-refractivity contribution < 1.29 is 56.9 Å². The number of benzene rings is 1. The first-order valence-electron chi connectivity index (χ1n) is 18.5. The minimum atomic E-state index is -0.0894. The molecule has 0 aliphatic carbocycles. The molecule has 55 heavy (non-hydrogen) atoms. The average molecular weight is 784 g/mol. The third kappa shape index (κ3) is 29.5. The predicted molar refractivity (Wildman–Crippen MR) is 195 cm³/mol. The summed E-state index contributed by atoms with van der Waals surface area (Å²) in [5, 5.41) is 22.2. The van der Waals surface area contributed by atoms with Crippen LogP contribution in [0, 0.1) is 12.5 Å². The van der Waals surface area contributed by atoms with Crippen molar-refractivity contribution in [2.24, 2.45) is 5.11 Å². The quantitative estimate of drug-likeness (QED) is 0.0547. The van der Waals surface area contributed by atoms with Crippen LogP contribution in [0.2, 0.25) is 0 Å². The highest BCUT2D eigenvalue weighted by molar-refractivity contribution is 5.76. The van der Waals surface area contributed by atoms with E-state index >= 15 is 0 Å². The van der Waals surface area contributed by atoms with Gasteiger partial charge < -0.3 is 57.4 Å². The van der Waals surface area contributed by atoms with Crippen molar-refractivity contribution in [2.75, 3.05) is 152 Å². The lowest BCUT2D eigenvalue weighted by Gasteiger charge is -2.09. The SMILES string of the molecule is Cc1nnc(-c2ccc(CNC(=O)CCOCCOCCOCCOCCOCCOCCOCCOCCOCCOCCOCCN=[N+]=N)cc2)nn1. The molecule has 20 nitrogen and oxygen atoms in total. The summed E-state index contributed by atoms with van der Waals surface area (Å²) >= 11 is 0. The molecule has 1 aromatic carbocycles. The molecule has 0 spiro atoms. The Balaban J connectivity index is 1.19. The van der Waals surface area contributed by atoms with Crippen LogP contribution in [0.4, 0.5) is 0 Å². The van der Waals surface area contributed by atoms with Crippen LogP contribution in [-0.2, 0) is 63.4 Å². The lowest BCUT2D eigenvalue weighted by molar-refractivity contribution is -0.122. The molecule has 1 aromatic heterocycles. The number of ether oxygens (including phenoxy) is 11. The molecule has 0 aliphatic heterocycles. The maximum absolute atomic E-state index is 12.1. The molecule has 0 atom stereocenters. The van der Waals surface area contributed by atoms with E-state index < -0.39 is 0 Å². The third-order valence-corrected chi connectivity index (χ3v) is 6.88. The van der Waals surface area contributed by atoms with Crippen LogP contribution in [-0.4, -0.2) is 178 Å². The van der Waals surface area contributed by atoms with Gasteiger partial charge in [-0.1, -0.05) is 24.3 Å². The fourth-order valence-corrected chi connectivity index (χ4v) is 4.08. The fourth-order valence-electron chi connectivity index (χ4n) is 4.08. The number of nitrogens with one attached hydrogen (secondary N) is 2. The molecule has 0 radical (unpaired) electrons. The van der Waals surface area contributed by atoms with E-state index in [1.54, 1.807) is 6.92 Å². The number of aromatic nitrogens is 4. The van der Waals surface area contributed by atoms with Gasteiger partial charge in [0.25, 0.3) is 0 Å². The van der Waals surface area contributed by atoms with Crippen molar-refractivity contribution in [3.8, 4) is 11.4 Å². The molecule has 1 amide bonds. The van der Waals surface area contributed by atoms with Crippen LogP contribution in [0.15, 0.2) is 29.4 Å². The van der Waals surface area contributed by atoms with Crippen LogP contribution >= 0.6 is 0 Å². The first kappa shape index (κ1) is 47.7. The Morgan fingerprint density at radius 3 is 1.25 bits per heavy atom. The molecular weight excluding hydrogens is 724 g/mol. The van der Waals surface area contributed by atoms with Crippen LogP contribution in [0.5, 0.6) is 0 Å². The van der Waals surface area contributed by atoms with Gasteiger partial charge in [0.15, 0.2) is 5.82 Å². The maximum Gasteiger partial charge on any atom is 0.222 e. The van der Waals surface area contributed by atoms with Crippen molar-refractivity contribution in [3.63, 3.8) is 0 Å². The van der Waals surface area contributed by atoms with Gasteiger partial charge >= 0.3 is 0 Å². The number of hydrogen-bond donors (Lipinski definition) is 2. The van der Waals surface area contributed by atoms with E-state index in [1.807, 2.05) is 24.3 Å². The van der Waals surface area contributed by atoms with E-state index in [2.05, 4.69) is 35.7 Å². The topological polar surface area (TPSA) is 232 Å². The molecule has 0 fully saturated rings. The molecular formula is C35H59N8O12+. The fraction of sp³-hybridized carbons (Fsp3) is 0.743. The Hall–Kier alpha value is -3.50. The van der Waals surface area contributed by atoms with Gasteiger partial charge in [-0.05, 0) is 12.5 Å². The second-order valence-electron chi connectivity index (χ2n) is 11.2. The van der Waals surface area contributed by atoms with Crippen molar-refractivity contribution in [2.45, 2.75) is 19.9 Å². The molecule has 2 rings (SSSR count). The normalized spacial score (nSPS) is 11.1. The van der Waals surface area contributed by atoms with Gasteiger partial charge in [0, 0.05) is 18.5 Å². The minimum absolute atomic E-state index is 0.0894. The highest BCUT2D eigenvalue weighted by atomic mass is 16.6. The van der Waals surface area contributed by atoms with Gasteiger partial charge in [-0.2, -0.15) is 0 Å². The van der Waals surface area contributed by atoms with E-state index in [-0.39, 0.29) is 12.3 Å². The van der Waals surface area contributed by atoms with Gasteiger partial charge in [0.05, 0.1) is 145 Å². The number of carbonyl (C=O) groups is 1. The Labute approximate surface area is 322 Å². The van der Waals surface area contributed by atoms with Gasteiger partial charge in [0.2, 0.25) is 16.6 Å². The summed E-state index contributed by atoms with van der Waals surface area (Å²) in [6, 6.07) is 7.55. The highest BCUT2D eigenvalue weighted by Gasteiger charge is 2.05. The molecule has 0 bridgehead atoms. The zero-order valence-corrected chi connectivity index (χ0v) is 32.1. The molecule has 0 saturated carbocycles. The van der Waals surface area contributed by atoms with Gasteiger partial charge in [0.1, 0.15) is 17.2 Å². The maximum atomic E-state index is 12.1. The van der Waals surface area contributed by atoms with E-state index in [0.29, 0.717) is 170 Å². The van der Waals surface area contributed by atoms with Crippen molar-refractivity contribution >= 4 is 5.91 Å². The number of rotatable bonds is 39. The van der Waals surface area contributed by atoms with Crippen molar-refractivity contribution in [1.29, 1.82) is 5.53 Å². The van der Waals surface area contributed by atoms with Gasteiger partial charge in [-0.25, -0.2) is 0 Å². The third-order valence-electron chi connectivity index (χ3n) is 6.88. The number of carbonyl (C=O) groups excluding carboxylic acids is 1. The second-order valence-corrected chi connectivity index (χ2v) is 11.2. The highest BCUT2D eigenvalue weighted by Crippen LogP contribution is 2.14. The summed E-state index contributed by atoms with van der Waals surface area (Å²) in [5.41, 5.74) is 8.29. The molecule has 0 unspecified atom stereocenters. The van der Waals surface area contributed by atoms with Crippen LogP contribution in [0.3, 0.4) is 0 Å². The largest absolute Gasteiger partial charge is 0.379 e. The van der Waals surface area contributed by atoms with E-state index in [9.17, 15) is 4.79 Å². The number of amides is 1. The van der Waals surface area contributed by atoms with E-state index in [4.69, 9.17) is 57.6 Å². The molecule has 1 heterocycles. The van der Waals surface area contributed by atoms with E-state index in [0.717, 1.165) is 11.1 Å². The van der Waals surface area contributed by atoms with Crippen molar-refractivity contribution in [1.82, 2.24) is 30.6 Å². The summed E-state index contributed by atoms with van der Waals surface area (Å²) in [6.07, 6.45) is 0.267. The smallest absolute Gasteiger partial charge is 0.222 e. The van der Waals surface area contributed by atoms with Crippen LogP contribution in [0.25, 0.3) is 11.4 Å². The molecule has 2 aromatic rings. The Bertz CT molecular complexity index is 1230. The number of nitrogens with zero attached hydrogens (tertiary/aromatic N) is 6. The Kier molecular flexibility index (Phi) is 31.3. The van der Waals surface area contributed by atoms with Crippen LogP contribution in [0.1, 0.15) is 17.8 Å². The standard InChI is InChI=1S/C35H58N8O12/c1-31-39-41-35(42-40-31)33-4-2-32(3-5-33)30-37-34(44)6-8-45-10-12-47-14-16-49-18-20-51-22-24-53-26-28-55-29-27-54-25-23-52-21-19-50-17-15-48-13-11-46-9-7-38-43-36/h2-5,36H,6-30H2,1H3/p+1. The molecule has 2 N–H and O–H groups in total. The zero-order valence-electron chi connectivity index (χ0n) is 32.1. The lowest BCUT2D eigenvalue weighted by atomic mass is 10.1. The monoisotopic (exact) mass is 783 g/mol. The first-order chi connectivity index (χ1) is 27.2.